The smallest absolute Gasteiger partial charge is 0.323 e. The van der Waals surface area contributed by atoms with Crippen molar-refractivity contribution in [1.29, 1.82) is 0 Å². The van der Waals surface area contributed by atoms with Gasteiger partial charge in [-0.2, -0.15) is 4.72 Å². The number of nitrogens with one attached hydrogen (secondary N) is 1. The van der Waals surface area contributed by atoms with Gasteiger partial charge >= 0.3 is 5.97 Å². The monoisotopic (exact) mass is 350 g/mol. The maximum atomic E-state index is 12.3. The van der Waals surface area contributed by atoms with Crippen LogP contribution in [0.25, 0.3) is 0 Å². The number of sulfonamides is 1. The van der Waals surface area contributed by atoms with Crippen LogP contribution in [0.2, 0.25) is 0 Å². The zero-order valence-corrected chi connectivity index (χ0v) is 14.4. The Hall–Kier alpha value is -1.15. The van der Waals surface area contributed by atoms with Gasteiger partial charge in [0.25, 0.3) is 0 Å². The second-order valence-electron chi connectivity index (χ2n) is 4.79. The number of hydrogen-bond acceptors (Lipinski definition) is 5. The van der Waals surface area contributed by atoms with E-state index in [0.717, 1.165) is 12.0 Å². The summed E-state index contributed by atoms with van der Waals surface area (Å²) >= 11 is 0. The van der Waals surface area contributed by atoms with Crippen LogP contribution >= 0.6 is 12.4 Å². The number of rotatable bonds is 8. The molecule has 1 aromatic carbocycles. The Morgan fingerprint density at radius 2 is 1.86 bits per heavy atom. The van der Waals surface area contributed by atoms with E-state index in [1.54, 1.807) is 12.1 Å². The van der Waals surface area contributed by atoms with Crippen molar-refractivity contribution in [3.63, 3.8) is 0 Å². The van der Waals surface area contributed by atoms with Crippen molar-refractivity contribution in [2.75, 3.05) is 13.7 Å². The Kier molecular flexibility index (Phi) is 9.27. The molecule has 22 heavy (non-hydrogen) atoms. The van der Waals surface area contributed by atoms with E-state index in [4.69, 9.17) is 5.73 Å². The summed E-state index contributed by atoms with van der Waals surface area (Å²) in [6, 6.07) is 5.53. The van der Waals surface area contributed by atoms with Crippen LogP contribution in [-0.2, 0) is 19.6 Å². The molecule has 126 valence electrons. The summed E-state index contributed by atoms with van der Waals surface area (Å²) in [5.74, 6) is -0.595. The first-order valence-corrected chi connectivity index (χ1v) is 8.26. The Morgan fingerprint density at radius 3 is 2.36 bits per heavy atom. The van der Waals surface area contributed by atoms with Crippen LogP contribution in [0.4, 0.5) is 0 Å². The molecule has 1 rings (SSSR count). The number of carbonyl (C=O) groups is 1. The van der Waals surface area contributed by atoms with Crippen molar-refractivity contribution in [3.05, 3.63) is 29.8 Å². The van der Waals surface area contributed by atoms with Crippen molar-refractivity contribution in [2.24, 2.45) is 5.73 Å². The highest BCUT2D eigenvalue weighted by Crippen LogP contribution is 2.12. The molecular weight excluding hydrogens is 328 g/mol. The highest BCUT2D eigenvalue weighted by atomic mass is 35.5. The van der Waals surface area contributed by atoms with Gasteiger partial charge in [-0.1, -0.05) is 24.1 Å². The standard InChI is InChI=1S/C14H22N2O4S.ClH/c1-11-6-8-12(9-7-11)21(18,19)16-13(14(17)20-2)5-3-4-10-15;/h6-9,13,16H,3-5,10,15H2,1-2H3;1H. The molecule has 0 bridgehead atoms. The van der Waals surface area contributed by atoms with Crippen LogP contribution in [0.15, 0.2) is 29.2 Å². The number of carbonyl (C=O) groups excluding carboxylic acids is 1. The zero-order chi connectivity index (χ0) is 15.9. The quantitative estimate of drug-likeness (QED) is 0.545. The lowest BCUT2D eigenvalue weighted by molar-refractivity contribution is -0.142. The zero-order valence-electron chi connectivity index (χ0n) is 12.7. The molecule has 0 fully saturated rings. The molecule has 1 aromatic rings. The topological polar surface area (TPSA) is 98.5 Å². The second kappa shape index (κ2) is 9.78. The summed E-state index contributed by atoms with van der Waals surface area (Å²) in [7, 11) is -2.52. The molecular formula is C14H23ClN2O4S. The average molecular weight is 351 g/mol. The number of ether oxygens (including phenoxy) is 1. The van der Waals surface area contributed by atoms with E-state index in [2.05, 4.69) is 9.46 Å². The largest absolute Gasteiger partial charge is 0.468 e. The molecule has 0 aliphatic rings. The molecule has 0 heterocycles. The maximum Gasteiger partial charge on any atom is 0.323 e. The highest BCUT2D eigenvalue weighted by molar-refractivity contribution is 7.89. The van der Waals surface area contributed by atoms with Gasteiger partial charge in [0.15, 0.2) is 0 Å². The molecule has 0 radical (unpaired) electrons. The Labute approximate surface area is 137 Å². The van der Waals surface area contributed by atoms with E-state index in [0.29, 0.717) is 19.4 Å². The fraction of sp³-hybridized carbons (Fsp3) is 0.500. The van der Waals surface area contributed by atoms with E-state index in [9.17, 15) is 13.2 Å². The first-order chi connectivity index (χ1) is 9.90. The minimum Gasteiger partial charge on any atom is -0.468 e. The molecule has 0 aliphatic carbocycles. The van der Waals surface area contributed by atoms with Crippen molar-refractivity contribution in [2.45, 2.75) is 37.1 Å². The van der Waals surface area contributed by atoms with Gasteiger partial charge in [-0.05, 0) is 38.4 Å². The molecule has 3 N–H and O–H groups in total. The lowest BCUT2D eigenvalue weighted by Gasteiger charge is -2.16. The van der Waals surface area contributed by atoms with Gasteiger partial charge in [-0.25, -0.2) is 8.42 Å². The average Bonchev–Trinajstić information content (AvgIpc) is 2.46. The molecule has 8 heteroatoms. The predicted octanol–water partition coefficient (Wildman–Crippen LogP) is 1.37. The van der Waals surface area contributed by atoms with E-state index >= 15 is 0 Å². The molecule has 0 amide bonds. The van der Waals surface area contributed by atoms with E-state index < -0.39 is 22.0 Å². The molecule has 0 saturated heterocycles. The summed E-state index contributed by atoms with van der Waals surface area (Å²) in [5.41, 5.74) is 6.36. The molecule has 0 spiro atoms. The summed E-state index contributed by atoms with van der Waals surface area (Å²) in [5, 5.41) is 0. The van der Waals surface area contributed by atoms with Crippen LogP contribution < -0.4 is 10.5 Å². The Balaban J connectivity index is 0.00000441. The lowest BCUT2D eigenvalue weighted by atomic mass is 10.1. The van der Waals surface area contributed by atoms with Gasteiger partial charge in [0.05, 0.1) is 12.0 Å². The molecule has 0 aliphatic heterocycles. The third-order valence-electron chi connectivity index (χ3n) is 3.06. The molecule has 1 atom stereocenters. The number of esters is 1. The van der Waals surface area contributed by atoms with Gasteiger partial charge in [0.1, 0.15) is 6.04 Å². The van der Waals surface area contributed by atoms with Crippen LogP contribution in [0.3, 0.4) is 0 Å². The van der Waals surface area contributed by atoms with Crippen molar-refractivity contribution < 1.29 is 17.9 Å². The molecule has 6 nitrogen and oxygen atoms in total. The molecule has 0 saturated carbocycles. The van der Waals surface area contributed by atoms with E-state index in [1.165, 1.54) is 19.2 Å². The predicted molar refractivity (Wildman–Crippen MR) is 87.5 cm³/mol. The van der Waals surface area contributed by atoms with Crippen molar-refractivity contribution in [1.82, 2.24) is 4.72 Å². The van der Waals surface area contributed by atoms with Crippen LogP contribution in [0.1, 0.15) is 24.8 Å². The normalized spacial score (nSPS) is 12.3. The van der Waals surface area contributed by atoms with Gasteiger partial charge in [0.2, 0.25) is 10.0 Å². The fourth-order valence-electron chi connectivity index (χ4n) is 1.83. The third-order valence-corrected chi connectivity index (χ3v) is 4.55. The molecule has 0 aromatic heterocycles. The molecule has 1 unspecified atom stereocenters. The van der Waals surface area contributed by atoms with Gasteiger partial charge in [-0.3, -0.25) is 4.79 Å². The summed E-state index contributed by atoms with van der Waals surface area (Å²) in [4.78, 5) is 11.8. The second-order valence-corrected chi connectivity index (χ2v) is 6.51. The maximum absolute atomic E-state index is 12.3. The first-order valence-electron chi connectivity index (χ1n) is 6.77. The lowest BCUT2D eigenvalue weighted by Crippen LogP contribution is -2.41. The third kappa shape index (κ3) is 6.31. The van der Waals surface area contributed by atoms with Crippen molar-refractivity contribution >= 4 is 28.4 Å². The van der Waals surface area contributed by atoms with Gasteiger partial charge in [0, 0.05) is 0 Å². The van der Waals surface area contributed by atoms with Crippen LogP contribution in [-0.4, -0.2) is 34.1 Å². The number of nitrogens with two attached hydrogens (primary N) is 1. The van der Waals surface area contributed by atoms with E-state index in [-0.39, 0.29) is 17.3 Å². The van der Waals surface area contributed by atoms with E-state index in [1.807, 2.05) is 6.92 Å². The first kappa shape index (κ1) is 20.9. The summed E-state index contributed by atoms with van der Waals surface area (Å²) < 4.78 is 31.6. The van der Waals surface area contributed by atoms with Crippen LogP contribution in [0, 0.1) is 6.92 Å². The Morgan fingerprint density at radius 1 is 1.27 bits per heavy atom. The van der Waals surface area contributed by atoms with Crippen molar-refractivity contribution in [3.8, 4) is 0 Å². The number of methoxy groups -OCH3 is 1. The number of aryl methyl sites for hydroxylation is 1. The Bertz CT molecular complexity index is 561. The highest BCUT2D eigenvalue weighted by Gasteiger charge is 2.25. The summed E-state index contributed by atoms with van der Waals surface area (Å²) in [6.07, 6.45) is 1.72. The van der Waals surface area contributed by atoms with Gasteiger partial charge in [-0.15, -0.1) is 12.4 Å². The minimum absolute atomic E-state index is 0. The number of unbranched alkanes of at least 4 members (excludes halogenated alkanes) is 1. The SMILES string of the molecule is COC(=O)C(CCCCN)NS(=O)(=O)c1ccc(C)cc1.Cl. The number of hydrogen-bond donors (Lipinski definition) is 2. The summed E-state index contributed by atoms with van der Waals surface area (Å²) in [6.45, 7) is 2.37. The van der Waals surface area contributed by atoms with Gasteiger partial charge < -0.3 is 10.5 Å². The minimum atomic E-state index is -3.75. The fourth-order valence-corrected chi connectivity index (χ4v) is 3.05. The number of benzene rings is 1. The van der Waals surface area contributed by atoms with Crippen LogP contribution in [0.5, 0.6) is 0 Å². The number of halogens is 1.